The first-order valence-electron chi connectivity index (χ1n) is 11.7. The van der Waals surface area contributed by atoms with Gasteiger partial charge in [0.2, 0.25) is 5.95 Å². The zero-order valence-electron chi connectivity index (χ0n) is 19.5. The molecule has 1 amide bonds. The molecule has 2 fully saturated rings. The highest BCUT2D eigenvalue weighted by Gasteiger charge is 2.30. The molecule has 8 nitrogen and oxygen atoms in total. The second kappa shape index (κ2) is 8.94. The van der Waals surface area contributed by atoms with Crippen molar-refractivity contribution in [2.45, 2.75) is 38.6 Å². The Morgan fingerprint density at radius 2 is 1.76 bits per heavy atom. The van der Waals surface area contributed by atoms with E-state index in [4.69, 9.17) is 9.97 Å². The Morgan fingerprint density at radius 1 is 1.03 bits per heavy atom. The summed E-state index contributed by atoms with van der Waals surface area (Å²) >= 11 is 0. The maximum absolute atomic E-state index is 12.8. The van der Waals surface area contributed by atoms with Crippen molar-refractivity contribution >= 4 is 17.5 Å². The Morgan fingerprint density at radius 3 is 2.42 bits per heavy atom. The van der Waals surface area contributed by atoms with Crippen molar-refractivity contribution in [3.05, 3.63) is 54.1 Å². The standard InChI is InChI=1S/C25H31N7O/c1-17(2)32-22(16-27-23(32)18-4-5-18)21-10-11-26-25(29-21)28-20-8-6-19(7-9-20)24(33)31-14-12-30(3)13-15-31/h6-11,16-18H,4-5,12-15H2,1-3H3,(H,26,28,29). The molecule has 1 saturated heterocycles. The van der Waals surface area contributed by atoms with Gasteiger partial charge in [-0.05, 0) is 64.1 Å². The van der Waals surface area contributed by atoms with Gasteiger partial charge in [-0.2, -0.15) is 0 Å². The SMILES string of the molecule is CC(C)n1c(-c2ccnc(Nc3ccc(C(=O)N4CCN(C)CC4)cc3)n2)cnc1C1CC1. The number of benzene rings is 1. The summed E-state index contributed by atoms with van der Waals surface area (Å²) in [6, 6.07) is 9.78. The van der Waals surface area contributed by atoms with Crippen LogP contribution >= 0.6 is 0 Å². The Kier molecular flexibility index (Phi) is 5.85. The van der Waals surface area contributed by atoms with Crippen molar-refractivity contribution in [2.75, 3.05) is 38.5 Å². The number of aromatic nitrogens is 4. The average Bonchev–Trinajstić information content (AvgIpc) is 3.57. The Balaban J connectivity index is 1.31. The van der Waals surface area contributed by atoms with E-state index < -0.39 is 0 Å². The Hall–Kier alpha value is -3.26. The lowest BCUT2D eigenvalue weighted by Crippen LogP contribution is -2.47. The zero-order chi connectivity index (χ0) is 22.9. The molecule has 0 unspecified atom stereocenters. The number of hydrogen-bond donors (Lipinski definition) is 1. The second-order valence-corrected chi connectivity index (χ2v) is 9.30. The summed E-state index contributed by atoms with van der Waals surface area (Å²) in [6.45, 7) is 7.73. The second-order valence-electron chi connectivity index (χ2n) is 9.30. The summed E-state index contributed by atoms with van der Waals surface area (Å²) in [6.07, 6.45) is 6.13. The van der Waals surface area contributed by atoms with E-state index in [-0.39, 0.29) is 5.91 Å². The van der Waals surface area contributed by atoms with Crippen LogP contribution in [0.2, 0.25) is 0 Å². The van der Waals surface area contributed by atoms with Gasteiger partial charge in [0.15, 0.2) is 0 Å². The van der Waals surface area contributed by atoms with E-state index in [1.807, 2.05) is 41.4 Å². The summed E-state index contributed by atoms with van der Waals surface area (Å²) < 4.78 is 2.29. The van der Waals surface area contributed by atoms with Crippen LogP contribution in [0.3, 0.4) is 0 Å². The summed E-state index contributed by atoms with van der Waals surface area (Å²) in [7, 11) is 2.09. The molecule has 2 aliphatic rings. The molecule has 0 radical (unpaired) electrons. The first-order valence-corrected chi connectivity index (χ1v) is 11.7. The third-order valence-electron chi connectivity index (χ3n) is 6.38. The molecule has 0 spiro atoms. The number of hydrogen-bond acceptors (Lipinski definition) is 6. The van der Waals surface area contributed by atoms with Crippen molar-refractivity contribution in [1.29, 1.82) is 0 Å². The van der Waals surface area contributed by atoms with Crippen molar-refractivity contribution in [3.8, 4) is 11.4 Å². The van der Waals surface area contributed by atoms with Gasteiger partial charge >= 0.3 is 0 Å². The molecule has 33 heavy (non-hydrogen) atoms. The quantitative estimate of drug-likeness (QED) is 0.619. The predicted octanol–water partition coefficient (Wildman–Crippen LogP) is 3.93. The number of anilines is 2. The summed E-state index contributed by atoms with van der Waals surface area (Å²) in [5, 5.41) is 3.27. The number of rotatable bonds is 6. The number of carbonyl (C=O) groups excluding carboxylic acids is 1. The normalized spacial score (nSPS) is 16.9. The molecule has 0 bridgehead atoms. The molecule has 2 aromatic heterocycles. The predicted molar refractivity (Wildman–Crippen MR) is 129 cm³/mol. The molecule has 1 aromatic carbocycles. The van der Waals surface area contributed by atoms with Crippen LogP contribution in [0.4, 0.5) is 11.6 Å². The van der Waals surface area contributed by atoms with Crippen LogP contribution in [-0.2, 0) is 0 Å². The molecule has 1 N–H and O–H groups in total. The van der Waals surface area contributed by atoms with Crippen LogP contribution in [-0.4, -0.2) is 68.5 Å². The van der Waals surface area contributed by atoms with Crippen molar-refractivity contribution in [1.82, 2.24) is 29.3 Å². The average molecular weight is 446 g/mol. The maximum Gasteiger partial charge on any atom is 0.253 e. The lowest BCUT2D eigenvalue weighted by Gasteiger charge is -2.32. The van der Waals surface area contributed by atoms with E-state index in [0.717, 1.165) is 49.1 Å². The van der Waals surface area contributed by atoms with Gasteiger partial charge in [-0.3, -0.25) is 4.79 Å². The largest absolute Gasteiger partial charge is 0.336 e. The Labute approximate surface area is 194 Å². The minimum Gasteiger partial charge on any atom is -0.336 e. The highest BCUT2D eigenvalue weighted by atomic mass is 16.2. The molecule has 1 saturated carbocycles. The van der Waals surface area contributed by atoms with Gasteiger partial charge < -0.3 is 19.7 Å². The zero-order valence-corrected chi connectivity index (χ0v) is 19.5. The highest BCUT2D eigenvalue weighted by molar-refractivity contribution is 5.94. The lowest BCUT2D eigenvalue weighted by molar-refractivity contribution is 0.0664. The number of nitrogens with zero attached hydrogens (tertiary/aromatic N) is 6. The molecule has 3 aromatic rings. The van der Waals surface area contributed by atoms with Gasteiger partial charge in [0.1, 0.15) is 5.82 Å². The van der Waals surface area contributed by atoms with Gasteiger partial charge in [-0.1, -0.05) is 0 Å². The van der Waals surface area contributed by atoms with E-state index in [1.165, 1.54) is 12.8 Å². The molecule has 172 valence electrons. The summed E-state index contributed by atoms with van der Waals surface area (Å²) in [5.74, 6) is 2.35. The molecular formula is C25H31N7O. The Bertz CT molecular complexity index is 1130. The molecule has 1 aliphatic carbocycles. The fourth-order valence-electron chi connectivity index (χ4n) is 4.33. The van der Waals surface area contributed by atoms with Crippen molar-refractivity contribution in [3.63, 3.8) is 0 Å². The van der Waals surface area contributed by atoms with Gasteiger partial charge in [0.25, 0.3) is 5.91 Å². The van der Waals surface area contributed by atoms with E-state index in [9.17, 15) is 4.79 Å². The first kappa shape index (κ1) is 21.6. The molecule has 0 atom stereocenters. The van der Waals surface area contributed by atoms with Crippen LogP contribution < -0.4 is 5.32 Å². The topological polar surface area (TPSA) is 79.2 Å². The van der Waals surface area contributed by atoms with E-state index in [1.54, 1.807) is 6.20 Å². The lowest BCUT2D eigenvalue weighted by atomic mass is 10.1. The van der Waals surface area contributed by atoms with Gasteiger partial charge in [-0.25, -0.2) is 15.0 Å². The monoisotopic (exact) mass is 445 g/mol. The summed E-state index contributed by atoms with van der Waals surface area (Å²) in [4.78, 5) is 30.8. The fraction of sp³-hybridized carbons (Fsp3) is 0.440. The smallest absolute Gasteiger partial charge is 0.253 e. The van der Waals surface area contributed by atoms with Crippen molar-refractivity contribution in [2.24, 2.45) is 0 Å². The number of piperazine rings is 1. The molecule has 3 heterocycles. The number of likely N-dealkylation sites (N-methyl/N-ethyl adjacent to an activating group) is 1. The maximum atomic E-state index is 12.8. The van der Waals surface area contributed by atoms with Gasteiger partial charge in [0.05, 0.1) is 17.6 Å². The first-order chi connectivity index (χ1) is 16.0. The van der Waals surface area contributed by atoms with Crippen LogP contribution in [0.15, 0.2) is 42.7 Å². The number of amides is 1. The number of carbonyl (C=O) groups is 1. The van der Waals surface area contributed by atoms with Gasteiger partial charge in [0, 0.05) is 55.6 Å². The fourth-order valence-corrected chi connectivity index (χ4v) is 4.33. The molecule has 5 rings (SSSR count). The van der Waals surface area contributed by atoms with E-state index in [2.05, 4.69) is 40.7 Å². The van der Waals surface area contributed by atoms with Crippen molar-refractivity contribution < 1.29 is 4.79 Å². The van der Waals surface area contributed by atoms with Crippen LogP contribution in [0.1, 0.15) is 54.8 Å². The molecule has 1 aliphatic heterocycles. The number of imidazole rings is 1. The molecular weight excluding hydrogens is 414 g/mol. The minimum atomic E-state index is 0.0845. The van der Waals surface area contributed by atoms with Crippen LogP contribution in [0.25, 0.3) is 11.4 Å². The highest BCUT2D eigenvalue weighted by Crippen LogP contribution is 2.41. The van der Waals surface area contributed by atoms with E-state index in [0.29, 0.717) is 23.5 Å². The van der Waals surface area contributed by atoms with Crippen LogP contribution in [0, 0.1) is 0 Å². The minimum absolute atomic E-state index is 0.0845. The van der Waals surface area contributed by atoms with Gasteiger partial charge in [-0.15, -0.1) is 0 Å². The third kappa shape index (κ3) is 4.61. The third-order valence-corrected chi connectivity index (χ3v) is 6.38. The van der Waals surface area contributed by atoms with E-state index >= 15 is 0 Å². The number of nitrogens with one attached hydrogen (secondary N) is 1. The van der Waals surface area contributed by atoms with Crippen LogP contribution in [0.5, 0.6) is 0 Å². The molecule has 8 heteroatoms. The summed E-state index contributed by atoms with van der Waals surface area (Å²) in [5.41, 5.74) is 3.42.